The lowest BCUT2D eigenvalue weighted by atomic mass is 9.82. The Morgan fingerprint density at radius 2 is 1.73 bits per heavy atom. The zero-order valence-corrected chi connectivity index (χ0v) is 24.4. The molecule has 0 saturated carbocycles. The summed E-state index contributed by atoms with van der Waals surface area (Å²) in [5.41, 5.74) is 2.43. The average molecular weight is 610 g/mol. The molecule has 5 rings (SSSR count). The van der Waals surface area contributed by atoms with Crippen LogP contribution < -0.4 is 29.2 Å². The lowest BCUT2D eigenvalue weighted by Crippen LogP contribution is -2.48. The van der Waals surface area contributed by atoms with E-state index in [0.29, 0.717) is 36.0 Å². The van der Waals surface area contributed by atoms with E-state index in [-0.39, 0.29) is 24.3 Å². The van der Waals surface area contributed by atoms with Crippen LogP contribution in [-0.4, -0.2) is 39.8 Å². The molecule has 0 radical (unpaired) electrons. The van der Waals surface area contributed by atoms with E-state index < -0.39 is 12.0 Å². The third-order valence-corrected chi connectivity index (χ3v) is 8.09. The van der Waals surface area contributed by atoms with Crippen LogP contribution in [-0.2, 0) is 9.59 Å². The summed E-state index contributed by atoms with van der Waals surface area (Å²) < 4.78 is 23.2. The first-order chi connectivity index (χ1) is 19.4. The van der Waals surface area contributed by atoms with Crippen LogP contribution in [0.25, 0.3) is 0 Å². The maximum atomic E-state index is 14.1. The van der Waals surface area contributed by atoms with Crippen LogP contribution in [0.2, 0.25) is 0 Å². The molecule has 40 heavy (non-hydrogen) atoms. The number of carbonyl (C=O) groups excluding carboxylic acids is 2. The number of fused-ring (bicyclic) bond motifs is 1. The van der Waals surface area contributed by atoms with Crippen molar-refractivity contribution in [2.45, 2.75) is 37.8 Å². The molecule has 0 aliphatic carbocycles. The molecule has 3 aromatic rings. The number of piperidine rings is 1. The number of hydrogen-bond donors (Lipinski definition) is 1. The van der Waals surface area contributed by atoms with E-state index in [2.05, 4.69) is 21.2 Å². The van der Waals surface area contributed by atoms with Crippen molar-refractivity contribution in [1.82, 2.24) is 5.32 Å². The fourth-order valence-electron chi connectivity index (χ4n) is 5.61. The number of rotatable bonds is 7. The van der Waals surface area contributed by atoms with Gasteiger partial charge in [-0.15, -0.1) is 0 Å². The van der Waals surface area contributed by atoms with Crippen molar-refractivity contribution in [2.75, 3.05) is 32.8 Å². The van der Waals surface area contributed by atoms with Crippen LogP contribution in [0.15, 0.2) is 65.1 Å². The van der Waals surface area contributed by atoms with E-state index >= 15 is 0 Å². The molecule has 3 aromatic carbocycles. The molecule has 9 heteroatoms. The molecular formula is C31H33BrN2O6. The molecule has 1 saturated heterocycles. The van der Waals surface area contributed by atoms with Crippen molar-refractivity contribution in [3.05, 3.63) is 76.3 Å². The molecule has 0 spiro atoms. The fraction of sp³-hybridized carbons (Fsp3) is 0.355. The standard InChI is InChI=1S/C31H33BrN2O6/c1-37-22-10-8-21(9-11-22)34-29(35)15-12-23(30(34)19-6-13-27(38-2)28(17-19)39-3)31(36)33-25-5-4-16-40-26-14-7-20(32)18-24(25)26/h6-11,13-14,17-18,23,25,30H,4-5,12,15-16H2,1-3H3,(H,33,36). The summed E-state index contributed by atoms with van der Waals surface area (Å²) in [5, 5.41) is 3.31. The summed E-state index contributed by atoms with van der Waals surface area (Å²) in [6.45, 7) is 0.596. The van der Waals surface area contributed by atoms with Crippen LogP contribution >= 0.6 is 15.9 Å². The van der Waals surface area contributed by atoms with Crippen molar-refractivity contribution < 1.29 is 28.5 Å². The smallest absolute Gasteiger partial charge is 0.227 e. The monoisotopic (exact) mass is 608 g/mol. The third kappa shape index (κ3) is 5.61. The van der Waals surface area contributed by atoms with Crippen molar-refractivity contribution in [1.29, 1.82) is 0 Å². The molecule has 1 fully saturated rings. The second-order valence-electron chi connectivity index (χ2n) is 9.90. The average Bonchev–Trinajstić information content (AvgIpc) is 3.18. The fourth-order valence-corrected chi connectivity index (χ4v) is 5.99. The van der Waals surface area contributed by atoms with Gasteiger partial charge in [0.15, 0.2) is 11.5 Å². The number of nitrogens with one attached hydrogen (secondary N) is 1. The second kappa shape index (κ2) is 12.2. The maximum Gasteiger partial charge on any atom is 0.227 e. The van der Waals surface area contributed by atoms with E-state index in [1.165, 1.54) is 0 Å². The van der Waals surface area contributed by atoms with E-state index in [1.807, 2.05) is 60.7 Å². The maximum absolute atomic E-state index is 14.1. The highest BCUT2D eigenvalue weighted by Crippen LogP contribution is 2.43. The van der Waals surface area contributed by atoms with Crippen LogP contribution in [0.1, 0.15) is 48.9 Å². The van der Waals surface area contributed by atoms with Gasteiger partial charge in [-0.3, -0.25) is 9.59 Å². The number of nitrogens with zero attached hydrogens (tertiary/aromatic N) is 1. The number of carbonyl (C=O) groups is 2. The van der Waals surface area contributed by atoms with Crippen LogP contribution in [0.4, 0.5) is 5.69 Å². The van der Waals surface area contributed by atoms with Crippen molar-refractivity contribution in [3.8, 4) is 23.0 Å². The topological polar surface area (TPSA) is 86.3 Å². The molecule has 2 amide bonds. The van der Waals surface area contributed by atoms with Gasteiger partial charge in [0.1, 0.15) is 11.5 Å². The number of amides is 2. The Labute approximate surface area is 242 Å². The van der Waals surface area contributed by atoms with Gasteiger partial charge >= 0.3 is 0 Å². The number of anilines is 1. The van der Waals surface area contributed by atoms with Crippen molar-refractivity contribution in [2.24, 2.45) is 5.92 Å². The Kier molecular flexibility index (Phi) is 8.49. The highest BCUT2D eigenvalue weighted by molar-refractivity contribution is 9.10. The molecule has 2 aliphatic rings. The van der Waals surface area contributed by atoms with E-state index in [0.717, 1.165) is 34.2 Å². The molecule has 0 bridgehead atoms. The molecule has 1 N–H and O–H groups in total. The van der Waals surface area contributed by atoms with Gasteiger partial charge in [-0.25, -0.2) is 0 Å². The Morgan fingerprint density at radius 1 is 0.950 bits per heavy atom. The highest BCUT2D eigenvalue weighted by atomic mass is 79.9. The SMILES string of the molecule is COc1ccc(N2C(=O)CCC(C(=O)NC3CCCOc4ccc(Br)cc43)C2c2ccc(OC)c(OC)c2)cc1. The molecule has 3 unspecified atom stereocenters. The predicted octanol–water partition coefficient (Wildman–Crippen LogP) is 5.99. The van der Waals surface area contributed by atoms with E-state index in [4.69, 9.17) is 18.9 Å². The summed E-state index contributed by atoms with van der Waals surface area (Å²) in [6.07, 6.45) is 2.25. The second-order valence-corrected chi connectivity index (χ2v) is 10.8. The normalized spacial score (nSPS) is 20.6. The van der Waals surface area contributed by atoms with Gasteiger partial charge in [0, 0.05) is 22.1 Å². The number of benzene rings is 3. The van der Waals surface area contributed by atoms with Gasteiger partial charge < -0.3 is 29.2 Å². The molecule has 2 heterocycles. The predicted molar refractivity (Wildman–Crippen MR) is 155 cm³/mol. The first-order valence-corrected chi connectivity index (χ1v) is 14.1. The molecular weight excluding hydrogens is 576 g/mol. The first kappa shape index (κ1) is 27.8. The van der Waals surface area contributed by atoms with E-state index in [1.54, 1.807) is 26.2 Å². The van der Waals surface area contributed by atoms with Gasteiger partial charge in [-0.1, -0.05) is 22.0 Å². The minimum absolute atomic E-state index is 0.0499. The largest absolute Gasteiger partial charge is 0.497 e. The van der Waals surface area contributed by atoms with Crippen LogP contribution in [0, 0.1) is 5.92 Å². The van der Waals surface area contributed by atoms with E-state index in [9.17, 15) is 9.59 Å². The quantitative estimate of drug-likeness (QED) is 0.354. The van der Waals surface area contributed by atoms with Crippen LogP contribution in [0.3, 0.4) is 0 Å². The Balaban J connectivity index is 1.54. The number of hydrogen-bond acceptors (Lipinski definition) is 6. The lowest BCUT2D eigenvalue weighted by Gasteiger charge is -2.41. The summed E-state index contributed by atoms with van der Waals surface area (Å²) in [7, 11) is 4.75. The number of methoxy groups -OCH3 is 3. The van der Waals surface area contributed by atoms with Gasteiger partial charge in [-0.05, 0) is 79.4 Å². The minimum Gasteiger partial charge on any atom is -0.497 e. The summed E-state index contributed by atoms with van der Waals surface area (Å²) in [6, 6.07) is 18.0. The minimum atomic E-state index is -0.557. The van der Waals surface area contributed by atoms with Gasteiger partial charge in [-0.2, -0.15) is 0 Å². The zero-order chi connectivity index (χ0) is 28.2. The van der Waals surface area contributed by atoms with Crippen molar-refractivity contribution >= 4 is 33.4 Å². The molecule has 2 aliphatic heterocycles. The van der Waals surface area contributed by atoms with Crippen LogP contribution in [0.5, 0.6) is 23.0 Å². The molecule has 3 atom stereocenters. The van der Waals surface area contributed by atoms with Gasteiger partial charge in [0.2, 0.25) is 11.8 Å². The summed E-state index contributed by atoms with van der Waals surface area (Å²) in [5.74, 6) is 1.91. The van der Waals surface area contributed by atoms with Crippen molar-refractivity contribution in [3.63, 3.8) is 0 Å². The van der Waals surface area contributed by atoms with Gasteiger partial charge in [0.05, 0.1) is 45.9 Å². The summed E-state index contributed by atoms with van der Waals surface area (Å²) in [4.78, 5) is 29.4. The highest BCUT2D eigenvalue weighted by Gasteiger charge is 2.42. The first-order valence-electron chi connectivity index (χ1n) is 13.3. The molecule has 8 nitrogen and oxygen atoms in total. The zero-order valence-electron chi connectivity index (χ0n) is 22.8. The number of halogens is 1. The molecule has 0 aromatic heterocycles. The van der Waals surface area contributed by atoms with Gasteiger partial charge in [0.25, 0.3) is 0 Å². The summed E-state index contributed by atoms with van der Waals surface area (Å²) >= 11 is 3.56. The Bertz CT molecular complexity index is 1380. The lowest BCUT2D eigenvalue weighted by molar-refractivity contribution is -0.130. The Hall–Kier alpha value is -3.72. The molecule has 210 valence electrons. The third-order valence-electron chi connectivity index (χ3n) is 7.59. The number of ether oxygens (including phenoxy) is 4. The Morgan fingerprint density at radius 3 is 2.45 bits per heavy atom.